The van der Waals surface area contributed by atoms with Gasteiger partial charge in [0.05, 0.1) is 20.8 Å². The third-order valence-corrected chi connectivity index (χ3v) is 3.70. The molecule has 2 rings (SSSR count). The number of aryl methyl sites for hydroxylation is 2. The maximum atomic E-state index is 12.2. The first-order valence-corrected chi connectivity index (χ1v) is 8.06. The number of hydrogen-bond acceptors (Lipinski definition) is 7. The van der Waals surface area contributed by atoms with Crippen molar-refractivity contribution >= 4 is 17.9 Å². The van der Waals surface area contributed by atoms with E-state index in [2.05, 4.69) is 0 Å². The summed E-state index contributed by atoms with van der Waals surface area (Å²) in [4.78, 5) is 36.6. The molecule has 0 saturated carbocycles. The van der Waals surface area contributed by atoms with Crippen LogP contribution in [-0.4, -0.2) is 38.7 Å². The lowest BCUT2D eigenvalue weighted by molar-refractivity contribution is 0.0467. The van der Waals surface area contributed by atoms with Crippen LogP contribution in [0.4, 0.5) is 0 Å². The molecule has 0 fully saturated rings. The van der Waals surface area contributed by atoms with E-state index >= 15 is 0 Å². The van der Waals surface area contributed by atoms with E-state index in [0.29, 0.717) is 6.42 Å². The van der Waals surface area contributed by atoms with Crippen LogP contribution in [0, 0.1) is 0 Å². The lowest BCUT2D eigenvalue weighted by atomic mass is 10.0. The second-order valence-corrected chi connectivity index (χ2v) is 5.29. The maximum absolute atomic E-state index is 12.2. The first kappa shape index (κ1) is 19.2. The van der Waals surface area contributed by atoms with Gasteiger partial charge in [-0.3, -0.25) is 0 Å². The summed E-state index contributed by atoms with van der Waals surface area (Å²) >= 11 is 0. The topological polar surface area (TPSA) is 92.0 Å². The second-order valence-electron chi connectivity index (χ2n) is 5.29. The third-order valence-electron chi connectivity index (χ3n) is 3.70. The average molecular weight is 360 g/mol. The minimum absolute atomic E-state index is 0.0903. The van der Waals surface area contributed by atoms with Crippen LogP contribution < -0.4 is 0 Å². The Bertz CT molecular complexity index is 790. The highest BCUT2D eigenvalue weighted by Gasteiger charge is 2.35. The van der Waals surface area contributed by atoms with Gasteiger partial charge in [-0.25, -0.2) is 14.4 Å². The Morgan fingerprint density at radius 2 is 1.50 bits per heavy atom. The summed E-state index contributed by atoms with van der Waals surface area (Å²) in [5.41, 5.74) is 0.621. The Morgan fingerprint density at radius 3 is 2.08 bits per heavy atom. The van der Waals surface area contributed by atoms with Crippen LogP contribution in [0.1, 0.15) is 49.5 Å². The fraction of sp³-hybridized carbons (Fsp3) is 0.316. The molecule has 7 nitrogen and oxygen atoms in total. The Hall–Kier alpha value is -3.09. The zero-order chi connectivity index (χ0) is 19.1. The Balaban J connectivity index is 2.49. The average Bonchev–Trinajstić information content (AvgIpc) is 3.05. The molecular formula is C19H20O7. The van der Waals surface area contributed by atoms with Crippen molar-refractivity contribution in [1.29, 1.82) is 0 Å². The van der Waals surface area contributed by atoms with E-state index in [-0.39, 0.29) is 35.7 Å². The van der Waals surface area contributed by atoms with Crippen molar-refractivity contribution in [3.63, 3.8) is 0 Å². The summed E-state index contributed by atoms with van der Waals surface area (Å²) in [5, 5.41) is 0. The summed E-state index contributed by atoms with van der Waals surface area (Å²) in [6.07, 6.45) is 0.832. The highest BCUT2D eigenvalue weighted by molar-refractivity contribution is 6.10. The maximum Gasteiger partial charge on any atom is 0.375 e. The largest absolute Gasteiger partial charge is 0.465 e. The number of carbonyl (C=O) groups excluding carboxylic acids is 3. The van der Waals surface area contributed by atoms with Crippen LogP contribution in [-0.2, 0) is 27.1 Å². The van der Waals surface area contributed by atoms with Crippen molar-refractivity contribution in [1.82, 2.24) is 0 Å². The van der Waals surface area contributed by atoms with Crippen molar-refractivity contribution in [2.45, 2.75) is 19.8 Å². The number of hydrogen-bond donors (Lipinski definition) is 0. The van der Waals surface area contributed by atoms with E-state index in [9.17, 15) is 14.4 Å². The molecule has 0 spiro atoms. The molecule has 0 aliphatic carbocycles. The van der Waals surface area contributed by atoms with Crippen molar-refractivity contribution in [3.05, 3.63) is 58.5 Å². The fourth-order valence-electron chi connectivity index (χ4n) is 2.51. The number of ether oxygens (including phenoxy) is 3. The van der Waals surface area contributed by atoms with Gasteiger partial charge in [-0.15, -0.1) is 0 Å². The van der Waals surface area contributed by atoms with Gasteiger partial charge in [0.2, 0.25) is 5.76 Å². The quantitative estimate of drug-likeness (QED) is 0.554. The van der Waals surface area contributed by atoms with Gasteiger partial charge in [0, 0.05) is 6.42 Å². The first-order chi connectivity index (χ1) is 12.5. The van der Waals surface area contributed by atoms with E-state index < -0.39 is 17.9 Å². The monoisotopic (exact) mass is 360 g/mol. The van der Waals surface area contributed by atoms with Gasteiger partial charge in [-0.2, -0.15) is 0 Å². The molecular weight excluding hydrogens is 340 g/mol. The zero-order valence-corrected chi connectivity index (χ0v) is 14.9. The SMILES string of the molecule is CCOC(=O)c1oc(CCc2ccccc2)c(C(=O)OC)c1C(=O)OC. The van der Waals surface area contributed by atoms with Crippen LogP contribution in [0.25, 0.3) is 0 Å². The smallest absolute Gasteiger partial charge is 0.375 e. The number of furan rings is 1. The predicted octanol–water partition coefficient (Wildman–Crippen LogP) is 2.81. The first-order valence-electron chi connectivity index (χ1n) is 8.06. The minimum atomic E-state index is -0.872. The predicted molar refractivity (Wildman–Crippen MR) is 91.2 cm³/mol. The summed E-state index contributed by atoms with van der Waals surface area (Å²) in [6.45, 7) is 1.71. The molecule has 0 N–H and O–H groups in total. The molecule has 0 amide bonds. The molecule has 0 unspecified atom stereocenters. The van der Waals surface area contributed by atoms with Crippen molar-refractivity contribution in [3.8, 4) is 0 Å². The van der Waals surface area contributed by atoms with Crippen LogP contribution in [0.5, 0.6) is 0 Å². The molecule has 1 aromatic heterocycles. The number of benzene rings is 1. The Morgan fingerprint density at radius 1 is 0.885 bits per heavy atom. The van der Waals surface area contributed by atoms with E-state index in [1.807, 2.05) is 30.3 Å². The fourth-order valence-corrected chi connectivity index (χ4v) is 2.51. The lowest BCUT2D eigenvalue weighted by Crippen LogP contribution is -2.15. The number of carbonyl (C=O) groups is 3. The third kappa shape index (κ3) is 4.11. The second kappa shape index (κ2) is 8.84. The minimum Gasteiger partial charge on any atom is -0.465 e. The van der Waals surface area contributed by atoms with Crippen LogP contribution in [0.15, 0.2) is 34.7 Å². The van der Waals surface area contributed by atoms with E-state index in [4.69, 9.17) is 18.6 Å². The molecule has 26 heavy (non-hydrogen) atoms. The van der Waals surface area contributed by atoms with Gasteiger partial charge in [-0.05, 0) is 18.9 Å². The van der Waals surface area contributed by atoms with Crippen molar-refractivity contribution in [2.75, 3.05) is 20.8 Å². The van der Waals surface area contributed by atoms with Gasteiger partial charge in [0.1, 0.15) is 16.9 Å². The summed E-state index contributed by atoms with van der Waals surface area (Å²) in [5.74, 6) is -2.69. The molecule has 0 saturated heterocycles. The van der Waals surface area contributed by atoms with Crippen molar-refractivity contribution in [2.24, 2.45) is 0 Å². The summed E-state index contributed by atoms with van der Waals surface area (Å²) in [6, 6.07) is 9.53. The molecule has 2 aromatic rings. The van der Waals surface area contributed by atoms with E-state index in [0.717, 1.165) is 12.7 Å². The normalized spacial score (nSPS) is 10.3. The summed E-state index contributed by atoms with van der Waals surface area (Å²) in [7, 11) is 2.33. The molecule has 0 aliphatic heterocycles. The number of esters is 3. The standard InChI is InChI=1S/C19H20O7/c1-4-25-19(22)16-15(18(21)24-3)14(17(20)23-2)13(26-16)11-10-12-8-6-5-7-9-12/h5-9H,4,10-11H2,1-3H3. The number of rotatable bonds is 7. The van der Waals surface area contributed by atoms with E-state index in [1.54, 1.807) is 6.92 Å². The molecule has 7 heteroatoms. The molecule has 0 aliphatic rings. The van der Waals surface area contributed by atoms with Gasteiger partial charge < -0.3 is 18.6 Å². The Labute approximate surface area is 150 Å². The summed E-state index contributed by atoms with van der Waals surface area (Å²) < 4.78 is 19.9. The van der Waals surface area contributed by atoms with Gasteiger partial charge >= 0.3 is 17.9 Å². The highest BCUT2D eigenvalue weighted by atomic mass is 16.6. The Kier molecular flexibility index (Phi) is 6.54. The van der Waals surface area contributed by atoms with Crippen molar-refractivity contribution < 1.29 is 33.0 Å². The van der Waals surface area contributed by atoms with Gasteiger partial charge in [-0.1, -0.05) is 30.3 Å². The zero-order valence-electron chi connectivity index (χ0n) is 14.9. The highest BCUT2D eigenvalue weighted by Crippen LogP contribution is 2.27. The molecule has 0 atom stereocenters. The lowest BCUT2D eigenvalue weighted by Gasteiger charge is -2.04. The molecule has 0 radical (unpaired) electrons. The molecule has 0 bridgehead atoms. The molecule has 138 valence electrons. The van der Waals surface area contributed by atoms with Gasteiger partial charge in [0.25, 0.3) is 0 Å². The van der Waals surface area contributed by atoms with Crippen LogP contribution in [0.3, 0.4) is 0 Å². The van der Waals surface area contributed by atoms with Crippen LogP contribution >= 0.6 is 0 Å². The number of methoxy groups -OCH3 is 2. The van der Waals surface area contributed by atoms with E-state index in [1.165, 1.54) is 7.11 Å². The molecule has 1 aromatic carbocycles. The molecule has 1 heterocycles. The van der Waals surface area contributed by atoms with Crippen LogP contribution in [0.2, 0.25) is 0 Å². The van der Waals surface area contributed by atoms with Gasteiger partial charge in [0.15, 0.2) is 0 Å².